The fraction of sp³-hybridized carbons (Fsp3) is 1.00. The third kappa shape index (κ3) is 9.88. The topological polar surface area (TPSA) is 33.3 Å². The van der Waals surface area contributed by atoms with Gasteiger partial charge in [0, 0.05) is 5.54 Å². The van der Waals surface area contributed by atoms with Crippen molar-refractivity contribution in [2.24, 2.45) is 0 Å². The largest absolute Gasteiger partial charge is 0.298 e. The molecule has 0 saturated carbocycles. The van der Waals surface area contributed by atoms with Crippen LogP contribution in [0.2, 0.25) is 0 Å². The molecule has 0 aromatic rings. The number of hydroxylamine groups is 1. The Kier molecular flexibility index (Phi) is 4.17. The lowest BCUT2D eigenvalue weighted by Gasteiger charge is -2.24. The number of nitrogens with one attached hydrogen (secondary N) is 2. The molecular formula is C9H22N2O. The summed E-state index contributed by atoms with van der Waals surface area (Å²) in [7, 11) is 0. The van der Waals surface area contributed by atoms with Crippen molar-refractivity contribution in [1.29, 1.82) is 0 Å². The Hall–Kier alpha value is -0.120. The minimum Gasteiger partial charge on any atom is -0.298 e. The molecule has 0 fully saturated rings. The van der Waals surface area contributed by atoms with Crippen LogP contribution in [0.3, 0.4) is 0 Å². The van der Waals surface area contributed by atoms with Crippen LogP contribution >= 0.6 is 0 Å². The van der Waals surface area contributed by atoms with E-state index in [4.69, 9.17) is 4.84 Å². The zero-order valence-electron chi connectivity index (χ0n) is 9.12. The van der Waals surface area contributed by atoms with Crippen LogP contribution in [-0.2, 0) is 4.84 Å². The van der Waals surface area contributed by atoms with Crippen molar-refractivity contribution in [3.05, 3.63) is 0 Å². The first-order valence-electron chi connectivity index (χ1n) is 4.37. The molecule has 2 N–H and O–H groups in total. The quantitative estimate of drug-likeness (QED) is 0.388. The fourth-order valence-electron chi connectivity index (χ4n) is 0.554. The summed E-state index contributed by atoms with van der Waals surface area (Å²) >= 11 is 0. The Bertz CT molecular complexity index is 105. The van der Waals surface area contributed by atoms with Gasteiger partial charge in [0.2, 0.25) is 0 Å². The highest BCUT2D eigenvalue weighted by atomic mass is 16.7. The van der Waals surface area contributed by atoms with Crippen LogP contribution in [0.25, 0.3) is 0 Å². The summed E-state index contributed by atoms with van der Waals surface area (Å²) in [6, 6.07) is 0. The molecule has 0 aromatic carbocycles. The summed E-state index contributed by atoms with van der Waals surface area (Å²) in [5.41, 5.74) is 2.88. The van der Waals surface area contributed by atoms with Gasteiger partial charge < -0.3 is 0 Å². The van der Waals surface area contributed by atoms with E-state index in [1.165, 1.54) is 0 Å². The third-order valence-electron chi connectivity index (χ3n) is 1.07. The van der Waals surface area contributed by atoms with Gasteiger partial charge in [-0.15, -0.1) is 0 Å². The SMILES string of the molecule is CC(C)(C)NCNOC(C)(C)C. The van der Waals surface area contributed by atoms with Crippen LogP contribution in [0, 0.1) is 0 Å². The predicted molar refractivity (Wildman–Crippen MR) is 51.7 cm³/mol. The number of hydrogen-bond acceptors (Lipinski definition) is 3. The molecule has 74 valence electrons. The second-order valence-corrected chi connectivity index (χ2v) is 4.96. The number of hydrogen-bond donors (Lipinski definition) is 2. The highest BCUT2D eigenvalue weighted by Crippen LogP contribution is 2.03. The molecule has 0 unspecified atom stereocenters. The highest BCUT2D eigenvalue weighted by molar-refractivity contribution is 4.68. The third-order valence-corrected chi connectivity index (χ3v) is 1.07. The van der Waals surface area contributed by atoms with E-state index in [0.717, 1.165) is 0 Å². The maximum atomic E-state index is 5.31. The standard InChI is InChI=1S/C9H22N2O/c1-8(2,3)10-7-11-12-9(4,5)6/h10-11H,7H2,1-6H3. The van der Waals surface area contributed by atoms with Gasteiger partial charge in [-0.3, -0.25) is 10.2 Å². The van der Waals surface area contributed by atoms with Gasteiger partial charge in [-0.2, -0.15) is 5.48 Å². The summed E-state index contributed by atoms with van der Waals surface area (Å²) < 4.78 is 0. The first-order chi connectivity index (χ1) is 5.21. The van der Waals surface area contributed by atoms with Gasteiger partial charge in [0.05, 0.1) is 12.3 Å². The molecule has 0 rings (SSSR count). The first kappa shape index (κ1) is 11.9. The molecule has 0 amide bonds. The van der Waals surface area contributed by atoms with Gasteiger partial charge >= 0.3 is 0 Å². The Morgan fingerprint density at radius 1 is 1.00 bits per heavy atom. The van der Waals surface area contributed by atoms with Gasteiger partial charge in [-0.25, -0.2) is 0 Å². The van der Waals surface area contributed by atoms with Crippen LogP contribution in [0.4, 0.5) is 0 Å². The van der Waals surface area contributed by atoms with Crippen LogP contribution in [0.15, 0.2) is 0 Å². The van der Waals surface area contributed by atoms with Crippen LogP contribution in [0.5, 0.6) is 0 Å². The zero-order valence-corrected chi connectivity index (χ0v) is 9.12. The molecule has 0 spiro atoms. The van der Waals surface area contributed by atoms with Crippen LogP contribution in [-0.4, -0.2) is 17.8 Å². The van der Waals surface area contributed by atoms with Gasteiger partial charge in [-0.1, -0.05) is 0 Å². The lowest BCUT2D eigenvalue weighted by atomic mass is 10.1. The molecule has 0 aliphatic heterocycles. The molecule has 0 bridgehead atoms. The smallest absolute Gasteiger partial charge is 0.0813 e. The first-order valence-corrected chi connectivity index (χ1v) is 4.37. The van der Waals surface area contributed by atoms with Crippen molar-refractivity contribution in [2.75, 3.05) is 6.67 Å². The van der Waals surface area contributed by atoms with Crippen molar-refractivity contribution in [3.63, 3.8) is 0 Å². The number of rotatable bonds is 3. The average Bonchev–Trinajstić information content (AvgIpc) is 1.76. The van der Waals surface area contributed by atoms with E-state index >= 15 is 0 Å². The summed E-state index contributed by atoms with van der Waals surface area (Å²) in [6.07, 6.45) is 0. The van der Waals surface area contributed by atoms with Gasteiger partial charge in [0.25, 0.3) is 0 Å². The van der Waals surface area contributed by atoms with E-state index in [-0.39, 0.29) is 11.1 Å². The minimum atomic E-state index is -0.125. The van der Waals surface area contributed by atoms with E-state index in [9.17, 15) is 0 Å². The lowest BCUT2D eigenvalue weighted by molar-refractivity contribution is -0.0767. The van der Waals surface area contributed by atoms with E-state index in [1.54, 1.807) is 0 Å². The molecule has 0 radical (unpaired) electrons. The van der Waals surface area contributed by atoms with E-state index in [2.05, 4.69) is 31.6 Å². The van der Waals surface area contributed by atoms with Crippen LogP contribution in [0.1, 0.15) is 41.5 Å². The van der Waals surface area contributed by atoms with Crippen LogP contribution < -0.4 is 10.8 Å². The van der Waals surface area contributed by atoms with Crippen molar-refractivity contribution in [1.82, 2.24) is 10.8 Å². The summed E-state index contributed by atoms with van der Waals surface area (Å²) in [5, 5.41) is 3.26. The Morgan fingerprint density at radius 2 is 1.50 bits per heavy atom. The summed E-state index contributed by atoms with van der Waals surface area (Å²) in [5.74, 6) is 0. The molecule has 0 atom stereocenters. The normalized spacial score (nSPS) is 13.5. The Labute approximate surface area is 75.8 Å². The molecule has 0 heterocycles. The molecule has 0 aromatic heterocycles. The maximum absolute atomic E-state index is 5.31. The second-order valence-electron chi connectivity index (χ2n) is 4.96. The molecule has 0 aliphatic carbocycles. The second kappa shape index (κ2) is 4.21. The van der Waals surface area contributed by atoms with E-state index in [0.29, 0.717) is 6.67 Å². The average molecular weight is 174 g/mol. The summed E-state index contributed by atoms with van der Waals surface area (Å²) in [4.78, 5) is 5.31. The Balaban J connectivity index is 3.35. The molecule has 3 nitrogen and oxygen atoms in total. The monoisotopic (exact) mass is 174 g/mol. The van der Waals surface area contributed by atoms with Gasteiger partial charge in [0.1, 0.15) is 0 Å². The lowest BCUT2D eigenvalue weighted by Crippen LogP contribution is -2.44. The predicted octanol–water partition coefficient (Wildman–Crippen LogP) is 1.65. The van der Waals surface area contributed by atoms with Gasteiger partial charge in [0.15, 0.2) is 0 Å². The molecule has 0 aliphatic rings. The highest BCUT2D eigenvalue weighted by Gasteiger charge is 2.11. The van der Waals surface area contributed by atoms with E-state index in [1.807, 2.05) is 20.8 Å². The van der Waals surface area contributed by atoms with Crippen molar-refractivity contribution >= 4 is 0 Å². The minimum absolute atomic E-state index is 0.125. The van der Waals surface area contributed by atoms with Crippen molar-refractivity contribution < 1.29 is 4.84 Å². The molecular weight excluding hydrogens is 152 g/mol. The maximum Gasteiger partial charge on any atom is 0.0813 e. The molecule has 0 saturated heterocycles. The zero-order chi connectivity index (χ0) is 9.83. The molecule has 12 heavy (non-hydrogen) atoms. The van der Waals surface area contributed by atoms with E-state index < -0.39 is 0 Å². The fourth-order valence-corrected chi connectivity index (χ4v) is 0.554. The van der Waals surface area contributed by atoms with Crippen molar-refractivity contribution in [3.8, 4) is 0 Å². The molecule has 3 heteroatoms. The van der Waals surface area contributed by atoms with Crippen molar-refractivity contribution in [2.45, 2.75) is 52.7 Å². The van der Waals surface area contributed by atoms with Gasteiger partial charge in [-0.05, 0) is 41.5 Å². The Morgan fingerprint density at radius 3 is 1.83 bits per heavy atom. The summed E-state index contributed by atoms with van der Waals surface area (Å²) in [6.45, 7) is 13.1.